The van der Waals surface area contributed by atoms with Gasteiger partial charge in [0.2, 0.25) is 0 Å². The van der Waals surface area contributed by atoms with Crippen LogP contribution >= 0.6 is 0 Å². The fraction of sp³-hybridized carbons (Fsp3) is 0.947. The van der Waals surface area contributed by atoms with Crippen molar-refractivity contribution in [3.8, 4) is 0 Å². The average molecular weight is 274 g/mol. The van der Waals surface area contributed by atoms with Gasteiger partial charge in [-0.3, -0.25) is 4.79 Å². The summed E-state index contributed by atoms with van der Waals surface area (Å²) < 4.78 is 0. The summed E-state index contributed by atoms with van der Waals surface area (Å²) >= 11 is 0. The molecule has 2 unspecified atom stereocenters. The molecular formula is C19H30O. The van der Waals surface area contributed by atoms with Gasteiger partial charge in [-0.25, -0.2) is 0 Å². The van der Waals surface area contributed by atoms with E-state index >= 15 is 0 Å². The normalized spacial score (nSPS) is 58.1. The third-order valence-electron chi connectivity index (χ3n) is 8.31. The summed E-state index contributed by atoms with van der Waals surface area (Å²) in [5.41, 5.74) is 1.01. The highest BCUT2D eigenvalue weighted by Crippen LogP contribution is 2.71. The number of carbonyl (C=O) groups excluding carboxylic acids is 1. The fourth-order valence-corrected chi connectivity index (χ4v) is 7.43. The number of Topliss-reactive ketones (excluding diaryl/α,β-unsaturated/α-hetero) is 1. The van der Waals surface area contributed by atoms with Crippen LogP contribution in [0.2, 0.25) is 0 Å². The van der Waals surface area contributed by atoms with Gasteiger partial charge in [0, 0.05) is 11.8 Å². The summed E-state index contributed by atoms with van der Waals surface area (Å²) in [5.74, 6) is 3.30. The molecule has 0 N–H and O–H groups in total. The van der Waals surface area contributed by atoms with Crippen LogP contribution in [0.4, 0.5) is 0 Å². The number of ketones is 1. The van der Waals surface area contributed by atoms with Crippen molar-refractivity contribution in [2.24, 2.45) is 34.0 Å². The van der Waals surface area contributed by atoms with Gasteiger partial charge in [-0.05, 0) is 67.1 Å². The highest BCUT2D eigenvalue weighted by atomic mass is 16.1. The number of hydrogen-bond acceptors (Lipinski definition) is 1. The highest BCUT2D eigenvalue weighted by Gasteiger charge is 2.65. The van der Waals surface area contributed by atoms with Crippen molar-refractivity contribution in [2.45, 2.75) is 78.6 Å². The summed E-state index contributed by atoms with van der Waals surface area (Å²) in [5, 5.41) is 0. The van der Waals surface area contributed by atoms with Crippen LogP contribution in [0, 0.1) is 34.0 Å². The van der Waals surface area contributed by atoms with Crippen molar-refractivity contribution in [1.82, 2.24) is 0 Å². The van der Waals surface area contributed by atoms with Crippen LogP contribution < -0.4 is 0 Å². The third kappa shape index (κ3) is 1.48. The number of carbonyl (C=O) groups is 1. The molecule has 2 bridgehead atoms. The van der Waals surface area contributed by atoms with Crippen LogP contribution in [-0.2, 0) is 4.79 Å². The summed E-state index contributed by atoms with van der Waals surface area (Å²) in [6.07, 6.45) is 11.7. The minimum absolute atomic E-state index is 0.0555. The fourth-order valence-electron chi connectivity index (χ4n) is 7.43. The van der Waals surface area contributed by atoms with Crippen LogP contribution in [0.15, 0.2) is 0 Å². The Balaban J connectivity index is 1.74. The predicted molar refractivity (Wildman–Crippen MR) is 81.4 cm³/mol. The molecule has 0 amide bonds. The number of hydrogen-bond donors (Lipinski definition) is 0. The lowest BCUT2D eigenvalue weighted by Crippen LogP contribution is -2.54. The average Bonchev–Trinajstić information content (AvgIpc) is 2.55. The summed E-state index contributed by atoms with van der Waals surface area (Å²) in [6.45, 7) is 7.36. The molecule has 6 atom stereocenters. The van der Waals surface area contributed by atoms with E-state index in [4.69, 9.17) is 0 Å². The van der Waals surface area contributed by atoms with E-state index < -0.39 is 0 Å². The molecule has 20 heavy (non-hydrogen) atoms. The summed E-state index contributed by atoms with van der Waals surface area (Å²) in [4.78, 5) is 12.6. The van der Waals surface area contributed by atoms with Crippen molar-refractivity contribution < 1.29 is 4.79 Å². The zero-order valence-corrected chi connectivity index (χ0v) is 13.5. The Kier molecular flexibility index (Phi) is 2.60. The molecule has 0 aromatic carbocycles. The lowest BCUT2D eigenvalue weighted by Gasteiger charge is -2.62. The molecule has 4 rings (SSSR count). The van der Waals surface area contributed by atoms with Crippen LogP contribution in [-0.4, -0.2) is 5.78 Å². The van der Waals surface area contributed by atoms with Crippen molar-refractivity contribution in [3.63, 3.8) is 0 Å². The first-order valence-corrected chi connectivity index (χ1v) is 8.93. The van der Waals surface area contributed by atoms with Gasteiger partial charge >= 0.3 is 0 Å². The van der Waals surface area contributed by atoms with Gasteiger partial charge in [0.05, 0.1) is 0 Å². The van der Waals surface area contributed by atoms with Crippen molar-refractivity contribution >= 4 is 5.78 Å². The van der Waals surface area contributed by atoms with Crippen LogP contribution in [0.1, 0.15) is 78.6 Å². The van der Waals surface area contributed by atoms with Gasteiger partial charge in [-0.1, -0.05) is 33.6 Å². The monoisotopic (exact) mass is 274 g/mol. The number of rotatable bonds is 0. The first-order valence-electron chi connectivity index (χ1n) is 8.93. The quantitative estimate of drug-likeness (QED) is 0.608. The third-order valence-corrected chi connectivity index (χ3v) is 8.31. The largest absolute Gasteiger partial charge is 0.299 e. The van der Waals surface area contributed by atoms with Gasteiger partial charge in [0.15, 0.2) is 0 Å². The second-order valence-electron chi connectivity index (χ2n) is 9.31. The zero-order chi connectivity index (χ0) is 14.2. The number of fused-ring (bicyclic) bond motifs is 3. The lowest BCUT2D eigenvalue weighted by atomic mass is 9.43. The van der Waals surface area contributed by atoms with E-state index in [1.165, 1.54) is 51.4 Å². The predicted octanol–water partition coefficient (Wildman–Crippen LogP) is 4.99. The molecule has 1 nitrogen and oxygen atoms in total. The lowest BCUT2D eigenvalue weighted by molar-refractivity contribution is -0.128. The van der Waals surface area contributed by atoms with E-state index in [2.05, 4.69) is 20.8 Å². The molecule has 0 heterocycles. The van der Waals surface area contributed by atoms with E-state index in [1.807, 2.05) is 0 Å². The van der Waals surface area contributed by atoms with Gasteiger partial charge in [-0.15, -0.1) is 0 Å². The second-order valence-corrected chi connectivity index (χ2v) is 9.31. The Bertz CT molecular complexity index is 455. The van der Waals surface area contributed by atoms with E-state index in [-0.39, 0.29) is 5.41 Å². The van der Waals surface area contributed by atoms with E-state index in [1.54, 1.807) is 0 Å². The summed E-state index contributed by atoms with van der Waals surface area (Å²) in [6, 6.07) is 0. The maximum absolute atomic E-state index is 12.6. The van der Waals surface area contributed by atoms with E-state index in [9.17, 15) is 4.79 Å². The van der Waals surface area contributed by atoms with Crippen LogP contribution in [0.3, 0.4) is 0 Å². The Morgan fingerprint density at radius 3 is 2.65 bits per heavy atom. The molecule has 0 radical (unpaired) electrons. The maximum atomic E-state index is 12.6. The van der Waals surface area contributed by atoms with Crippen LogP contribution in [0.25, 0.3) is 0 Å². The first kappa shape index (κ1) is 13.3. The molecular weight excluding hydrogens is 244 g/mol. The molecule has 1 heteroatoms. The second kappa shape index (κ2) is 3.90. The molecule has 112 valence electrons. The molecule has 4 aliphatic carbocycles. The molecule has 4 aliphatic rings. The Labute approximate surface area is 123 Å². The molecule has 4 fully saturated rings. The Hall–Kier alpha value is -0.330. The van der Waals surface area contributed by atoms with Gasteiger partial charge in [0.1, 0.15) is 5.78 Å². The smallest absolute Gasteiger partial charge is 0.139 e. The molecule has 1 spiro atoms. The van der Waals surface area contributed by atoms with Crippen molar-refractivity contribution in [3.05, 3.63) is 0 Å². The highest BCUT2D eigenvalue weighted by molar-refractivity contribution is 5.88. The molecule has 0 aliphatic heterocycles. The SMILES string of the molecule is C[C@H]1CCC[C@]2(C)C1CC[C@@]13CC(=O)[C@@](C)(CCC12)C3. The first-order chi connectivity index (χ1) is 9.40. The Morgan fingerprint density at radius 1 is 1.05 bits per heavy atom. The van der Waals surface area contributed by atoms with Crippen molar-refractivity contribution in [2.75, 3.05) is 0 Å². The molecule has 0 saturated heterocycles. The Morgan fingerprint density at radius 2 is 1.85 bits per heavy atom. The standard InChI is InChI=1S/C19H30O/c1-13-5-4-8-18(3)14(13)6-10-19-11-16(20)17(2,12-19)9-7-15(18)19/h13-15H,4-12H2,1-3H3/t13-,14?,15?,17-,18+,19-/m0/s1. The minimum atomic E-state index is 0.0555. The van der Waals surface area contributed by atoms with Crippen LogP contribution in [0.5, 0.6) is 0 Å². The molecule has 0 aromatic rings. The molecule has 0 aromatic heterocycles. The topological polar surface area (TPSA) is 17.1 Å². The van der Waals surface area contributed by atoms with Gasteiger partial charge < -0.3 is 0 Å². The minimum Gasteiger partial charge on any atom is -0.299 e. The van der Waals surface area contributed by atoms with E-state index in [0.717, 1.165) is 24.2 Å². The summed E-state index contributed by atoms with van der Waals surface area (Å²) in [7, 11) is 0. The van der Waals surface area contributed by atoms with Gasteiger partial charge in [-0.2, -0.15) is 0 Å². The van der Waals surface area contributed by atoms with Crippen molar-refractivity contribution in [1.29, 1.82) is 0 Å². The molecule has 4 saturated carbocycles. The zero-order valence-electron chi connectivity index (χ0n) is 13.5. The van der Waals surface area contributed by atoms with E-state index in [0.29, 0.717) is 16.6 Å². The maximum Gasteiger partial charge on any atom is 0.139 e. The van der Waals surface area contributed by atoms with Gasteiger partial charge in [0.25, 0.3) is 0 Å².